The lowest BCUT2D eigenvalue weighted by molar-refractivity contribution is -0.190. The standard InChI is InChI=1S/C44H58F2N8O4/c45-33-13-17-35(18-14-33)51-29-25-49(26-30-51)23-5-9-39-37-7-1-3-11-41(37)53(47-39)57-43(55)21-22-44(56)58-54-42-12-4-2-8-38(42)40(48-54)10-6-24-50-27-31-52(32-28-50)36-19-15-34(46)16-20-36/h13-22,39-40,47-48H,1-12,23-32H2/b22-21-. The van der Waals surface area contributed by atoms with Crippen LogP contribution in [0.2, 0.25) is 0 Å². The van der Waals surface area contributed by atoms with Crippen molar-refractivity contribution in [3.8, 4) is 0 Å². The Bertz CT molecular complexity index is 1690. The average molecular weight is 801 g/mol. The maximum atomic E-state index is 13.4. The van der Waals surface area contributed by atoms with Crippen LogP contribution >= 0.6 is 0 Å². The van der Waals surface area contributed by atoms with Crippen LogP contribution < -0.4 is 20.7 Å². The van der Waals surface area contributed by atoms with Crippen LogP contribution in [0.15, 0.2) is 83.2 Å². The minimum atomic E-state index is -0.634. The molecule has 4 heterocycles. The molecule has 14 heteroatoms. The molecule has 0 amide bonds. The van der Waals surface area contributed by atoms with Gasteiger partial charge in [0.1, 0.15) is 11.6 Å². The highest BCUT2D eigenvalue weighted by Crippen LogP contribution is 2.37. The maximum absolute atomic E-state index is 13.4. The van der Waals surface area contributed by atoms with Crippen LogP contribution in [-0.2, 0) is 19.3 Å². The molecule has 312 valence electrons. The summed E-state index contributed by atoms with van der Waals surface area (Å²) >= 11 is 0. The highest BCUT2D eigenvalue weighted by atomic mass is 19.1. The minimum Gasteiger partial charge on any atom is -0.369 e. The van der Waals surface area contributed by atoms with E-state index in [0.717, 1.165) is 177 Å². The molecule has 2 aliphatic carbocycles. The van der Waals surface area contributed by atoms with E-state index in [-0.39, 0.29) is 23.7 Å². The molecule has 2 fully saturated rings. The first kappa shape index (κ1) is 40.3. The monoisotopic (exact) mass is 800 g/mol. The molecule has 8 rings (SSSR count). The maximum Gasteiger partial charge on any atom is 0.358 e. The number of nitrogens with zero attached hydrogens (tertiary/aromatic N) is 6. The lowest BCUT2D eigenvalue weighted by Gasteiger charge is -2.36. The van der Waals surface area contributed by atoms with E-state index in [9.17, 15) is 18.4 Å². The van der Waals surface area contributed by atoms with E-state index in [1.165, 1.54) is 45.8 Å². The van der Waals surface area contributed by atoms with Crippen molar-refractivity contribution in [2.45, 2.75) is 89.1 Å². The van der Waals surface area contributed by atoms with Crippen LogP contribution in [0.25, 0.3) is 0 Å². The summed E-state index contributed by atoms with van der Waals surface area (Å²) in [4.78, 5) is 47.1. The number of hydrogen-bond donors (Lipinski definition) is 2. The Balaban J connectivity index is 0.757. The molecule has 2 aromatic rings. The van der Waals surface area contributed by atoms with Crippen molar-refractivity contribution < 1.29 is 28.0 Å². The molecular weight excluding hydrogens is 743 g/mol. The normalized spacial score (nSPS) is 23.2. The minimum absolute atomic E-state index is 0.114. The number of allylic oxidation sites excluding steroid dienone is 2. The summed E-state index contributed by atoms with van der Waals surface area (Å²) in [6, 6.07) is 13.7. The van der Waals surface area contributed by atoms with E-state index in [1.807, 2.05) is 24.3 Å². The largest absolute Gasteiger partial charge is 0.369 e. The Morgan fingerprint density at radius 3 is 1.34 bits per heavy atom. The van der Waals surface area contributed by atoms with Crippen LogP contribution in [0, 0.1) is 11.6 Å². The van der Waals surface area contributed by atoms with Crippen LogP contribution in [0.4, 0.5) is 20.2 Å². The van der Waals surface area contributed by atoms with Crippen LogP contribution in [-0.4, -0.2) is 110 Å². The van der Waals surface area contributed by atoms with Gasteiger partial charge in [0, 0.05) is 75.9 Å². The molecule has 6 aliphatic rings. The summed E-state index contributed by atoms with van der Waals surface area (Å²) in [5.74, 6) is -1.69. The molecule has 2 N–H and O–H groups in total. The fourth-order valence-electron chi connectivity index (χ4n) is 9.45. The molecule has 0 spiro atoms. The predicted molar refractivity (Wildman–Crippen MR) is 218 cm³/mol. The Hall–Kier alpha value is -4.50. The molecular formula is C44H58F2N8O4. The molecule has 0 radical (unpaired) electrons. The summed E-state index contributed by atoms with van der Waals surface area (Å²) in [6.07, 6.45) is 14.2. The second-order valence-corrected chi connectivity index (χ2v) is 16.4. The third-order valence-corrected chi connectivity index (χ3v) is 12.6. The predicted octanol–water partition coefficient (Wildman–Crippen LogP) is 5.98. The molecule has 2 unspecified atom stereocenters. The highest BCUT2D eigenvalue weighted by molar-refractivity contribution is 5.91. The van der Waals surface area contributed by atoms with Crippen molar-refractivity contribution >= 4 is 23.3 Å². The van der Waals surface area contributed by atoms with Crippen molar-refractivity contribution in [2.24, 2.45) is 0 Å². The van der Waals surface area contributed by atoms with E-state index >= 15 is 0 Å². The quantitative estimate of drug-likeness (QED) is 0.221. The van der Waals surface area contributed by atoms with E-state index < -0.39 is 11.9 Å². The third-order valence-electron chi connectivity index (χ3n) is 12.6. The number of anilines is 2. The first-order valence-electron chi connectivity index (χ1n) is 21.5. The van der Waals surface area contributed by atoms with Crippen molar-refractivity contribution in [1.82, 2.24) is 31.0 Å². The Morgan fingerprint density at radius 2 is 0.948 bits per heavy atom. The average Bonchev–Trinajstić information content (AvgIpc) is 3.78. The lowest BCUT2D eigenvalue weighted by Crippen LogP contribution is -2.47. The summed E-state index contributed by atoms with van der Waals surface area (Å²) < 4.78 is 26.7. The second-order valence-electron chi connectivity index (χ2n) is 16.4. The number of hydroxylamine groups is 2. The molecule has 2 atom stereocenters. The molecule has 58 heavy (non-hydrogen) atoms. The first-order chi connectivity index (χ1) is 28.4. The van der Waals surface area contributed by atoms with Crippen LogP contribution in [0.3, 0.4) is 0 Å². The van der Waals surface area contributed by atoms with Gasteiger partial charge in [-0.05, 0) is 150 Å². The van der Waals surface area contributed by atoms with Gasteiger partial charge < -0.3 is 19.5 Å². The smallest absolute Gasteiger partial charge is 0.358 e. The van der Waals surface area contributed by atoms with E-state index in [0.29, 0.717) is 0 Å². The van der Waals surface area contributed by atoms with Gasteiger partial charge in [-0.3, -0.25) is 9.80 Å². The zero-order chi connectivity index (χ0) is 39.8. The fraction of sp³-hybridized carbons (Fsp3) is 0.545. The summed E-state index contributed by atoms with van der Waals surface area (Å²) in [6.45, 7) is 9.54. The van der Waals surface area contributed by atoms with Crippen LogP contribution in [0.5, 0.6) is 0 Å². The van der Waals surface area contributed by atoms with Gasteiger partial charge in [0.2, 0.25) is 0 Å². The zero-order valence-corrected chi connectivity index (χ0v) is 33.6. The summed E-state index contributed by atoms with van der Waals surface area (Å²) in [5, 5.41) is 3.08. The number of carbonyl (C=O) groups excluding carboxylic acids is 2. The highest BCUT2D eigenvalue weighted by Gasteiger charge is 2.36. The number of benzene rings is 2. The number of halogens is 2. The topological polar surface area (TPSA) is 96.1 Å². The molecule has 0 aromatic heterocycles. The van der Waals surface area contributed by atoms with E-state index in [4.69, 9.17) is 9.68 Å². The van der Waals surface area contributed by atoms with Crippen molar-refractivity contribution in [3.05, 3.63) is 94.9 Å². The molecule has 0 bridgehead atoms. The number of piperazine rings is 2. The third kappa shape index (κ3) is 10.0. The Kier molecular flexibility index (Phi) is 13.2. The van der Waals surface area contributed by atoms with Gasteiger partial charge in [-0.1, -0.05) is 0 Å². The van der Waals surface area contributed by atoms with Gasteiger partial charge in [0.25, 0.3) is 0 Å². The number of hydrazine groups is 2. The SMILES string of the molecule is O=C(/C=C\C(=O)ON1NC(CCCN2CCN(c3ccc(F)cc3)CC2)C2=C1CCCC2)ON1NC(CCCN2CCN(c3ccc(F)cc3)CC2)C2=C1CCCC2. The number of hydrogen-bond acceptors (Lipinski definition) is 12. The molecule has 12 nitrogen and oxygen atoms in total. The van der Waals surface area contributed by atoms with Gasteiger partial charge in [-0.15, -0.1) is 10.3 Å². The molecule has 0 saturated carbocycles. The molecule has 2 saturated heterocycles. The van der Waals surface area contributed by atoms with E-state index in [2.05, 4.69) is 30.5 Å². The molecule has 2 aromatic carbocycles. The Labute approximate surface area is 340 Å². The lowest BCUT2D eigenvalue weighted by atomic mass is 9.91. The summed E-state index contributed by atoms with van der Waals surface area (Å²) in [7, 11) is 0. The first-order valence-corrected chi connectivity index (χ1v) is 21.5. The second kappa shape index (κ2) is 19.0. The number of carbonyl (C=O) groups is 2. The molecule has 4 aliphatic heterocycles. The van der Waals surface area contributed by atoms with Crippen LogP contribution in [0.1, 0.15) is 77.0 Å². The van der Waals surface area contributed by atoms with Gasteiger partial charge in [0.05, 0.1) is 23.5 Å². The van der Waals surface area contributed by atoms with Gasteiger partial charge in [0.15, 0.2) is 0 Å². The van der Waals surface area contributed by atoms with E-state index in [1.54, 1.807) is 0 Å². The zero-order valence-electron chi connectivity index (χ0n) is 33.6. The van der Waals surface area contributed by atoms with Crippen molar-refractivity contribution in [3.63, 3.8) is 0 Å². The number of nitrogens with one attached hydrogen (secondary N) is 2. The van der Waals surface area contributed by atoms with Gasteiger partial charge in [-0.25, -0.2) is 18.4 Å². The fourth-order valence-corrected chi connectivity index (χ4v) is 9.45. The summed E-state index contributed by atoms with van der Waals surface area (Å²) in [5.41, 5.74) is 13.7. The Morgan fingerprint density at radius 1 is 0.569 bits per heavy atom. The van der Waals surface area contributed by atoms with Crippen molar-refractivity contribution in [2.75, 3.05) is 75.2 Å². The van der Waals surface area contributed by atoms with Gasteiger partial charge >= 0.3 is 11.9 Å². The number of rotatable bonds is 14. The van der Waals surface area contributed by atoms with Gasteiger partial charge in [-0.2, -0.15) is 10.9 Å². The van der Waals surface area contributed by atoms with Crippen molar-refractivity contribution in [1.29, 1.82) is 0 Å².